The van der Waals surface area contributed by atoms with Crippen molar-refractivity contribution in [2.75, 3.05) is 59.0 Å². The van der Waals surface area contributed by atoms with Crippen LogP contribution in [-0.4, -0.2) is 69.8 Å². The minimum atomic E-state index is 0. The van der Waals surface area contributed by atoms with E-state index < -0.39 is 0 Å². The third kappa shape index (κ3) is 10.3. The van der Waals surface area contributed by atoms with Crippen LogP contribution in [0.1, 0.15) is 19.4 Å². The van der Waals surface area contributed by atoms with E-state index in [4.69, 9.17) is 9.47 Å². The van der Waals surface area contributed by atoms with Gasteiger partial charge in [-0.2, -0.15) is 11.8 Å². The Kier molecular flexibility index (Phi) is 15.6. The molecular formula is C19H35IN4O2S. The summed E-state index contributed by atoms with van der Waals surface area (Å²) in [5.74, 6) is 3.39. The molecule has 1 rings (SSSR count). The van der Waals surface area contributed by atoms with Gasteiger partial charge in [-0.3, -0.25) is 4.99 Å². The molecule has 0 unspecified atom stereocenters. The van der Waals surface area contributed by atoms with Gasteiger partial charge in [0.25, 0.3) is 0 Å². The van der Waals surface area contributed by atoms with E-state index in [-0.39, 0.29) is 24.0 Å². The Morgan fingerprint density at radius 1 is 1.19 bits per heavy atom. The monoisotopic (exact) mass is 510 g/mol. The fraction of sp³-hybridized carbons (Fsp3) is 0.632. The molecule has 0 amide bonds. The van der Waals surface area contributed by atoms with Gasteiger partial charge in [0, 0.05) is 32.4 Å². The molecule has 0 saturated carbocycles. The van der Waals surface area contributed by atoms with Gasteiger partial charge in [-0.05, 0) is 37.0 Å². The van der Waals surface area contributed by atoms with E-state index in [0.29, 0.717) is 13.2 Å². The minimum absolute atomic E-state index is 0. The lowest BCUT2D eigenvalue weighted by Gasteiger charge is -2.19. The molecule has 0 atom stereocenters. The molecule has 1 aromatic rings. The first-order valence-corrected chi connectivity index (χ1v) is 10.5. The molecule has 0 bridgehead atoms. The molecule has 0 aliphatic rings. The van der Waals surface area contributed by atoms with Gasteiger partial charge >= 0.3 is 0 Å². The summed E-state index contributed by atoms with van der Waals surface area (Å²) in [7, 11) is 3.45. The zero-order valence-electron chi connectivity index (χ0n) is 17.2. The molecule has 8 heteroatoms. The van der Waals surface area contributed by atoms with Crippen LogP contribution < -0.4 is 20.1 Å². The number of hydrogen-bond acceptors (Lipinski definition) is 5. The number of rotatable bonds is 12. The summed E-state index contributed by atoms with van der Waals surface area (Å²) in [6.07, 6.45) is 2.09. The number of ether oxygens (including phenoxy) is 2. The van der Waals surface area contributed by atoms with Crippen molar-refractivity contribution in [2.24, 2.45) is 4.99 Å². The van der Waals surface area contributed by atoms with Crippen LogP contribution in [0.4, 0.5) is 0 Å². The van der Waals surface area contributed by atoms with Crippen molar-refractivity contribution in [3.8, 4) is 11.5 Å². The second kappa shape index (κ2) is 16.1. The van der Waals surface area contributed by atoms with Crippen LogP contribution in [-0.2, 0) is 6.54 Å². The van der Waals surface area contributed by atoms with E-state index in [1.54, 1.807) is 14.2 Å². The lowest BCUT2D eigenvalue weighted by Crippen LogP contribution is -2.37. The normalized spacial score (nSPS) is 11.1. The molecular weight excluding hydrogens is 475 g/mol. The zero-order valence-corrected chi connectivity index (χ0v) is 20.4. The first-order valence-electron chi connectivity index (χ1n) is 9.13. The highest BCUT2D eigenvalue weighted by Crippen LogP contribution is 2.28. The van der Waals surface area contributed by atoms with Gasteiger partial charge in [0.1, 0.15) is 6.61 Å². The van der Waals surface area contributed by atoms with Crippen LogP contribution in [0.15, 0.2) is 23.2 Å². The third-order valence-electron chi connectivity index (χ3n) is 4.07. The van der Waals surface area contributed by atoms with Crippen molar-refractivity contribution < 1.29 is 9.47 Å². The number of nitrogens with one attached hydrogen (secondary N) is 2. The maximum Gasteiger partial charge on any atom is 0.191 e. The van der Waals surface area contributed by atoms with Crippen molar-refractivity contribution in [2.45, 2.75) is 20.4 Å². The van der Waals surface area contributed by atoms with Crippen LogP contribution in [0.2, 0.25) is 0 Å². The summed E-state index contributed by atoms with van der Waals surface area (Å²) < 4.78 is 11.4. The molecule has 27 heavy (non-hydrogen) atoms. The van der Waals surface area contributed by atoms with Gasteiger partial charge < -0.3 is 25.0 Å². The number of nitrogens with zero attached hydrogens (tertiary/aromatic N) is 2. The quantitative estimate of drug-likeness (QED) is 0.195. The third-order valence-corrected chi connectivity index (χ3v) is 4.68. The van der Waals surface area contributed by atoms with Crippen LogP contribution in [0.3, 0.4) is 0 Å². The Bertz CT molecular complexity index is 542. The number of guanidine groups is 1. The molecule has 0 heterocycles. The number of methoxy groups -OCH3 is 1. The summed E-state index contributed by atoms with van der Waals surface area (Å²) in [5, 5.41) is 6.60. The molecule has 0 spiro atoms. The van der Waals surface area contributed by atoms with Gasteiger partial charge in [-0.25, -0.2) is 0 Å². The van der Waals surface area contributed by atoms with E-state index in [1.807, 2.05) is 23.9 Å². The molecule has 0 aromatic heterocycles. The van der Waals surface area contributed by atoms with E-state index in [0.717, 1.165) is 55.0 Å². The van der Waals surface area contributed by atoms with Crippen LogP contribution in [0.25, 0.3) is 0 Å². The number of aliphatic imine (C=N–C) groups is 1. The number of likely N-dealkylation sites (N-methyl/N-ethyl adjacent to an activating group) is 1. The average molecular weight is 510 g/mol. The zero-order chi connectivity index (χ0) is 19.2. The Labute approximate surface area is 185 Å². The van der Waals surface area contributed by atoms with E-state index in [1.165, 1.54) is 0 Å². The lowest BCUT2D eigenvalue weighted by molar-refractivity contribution is 0.217. The number of halogens is 1. The highest BCUT2D eigenvalue weighted by molar-refractivity contribution is 14.0. The van der Waals surface area contributed by atoms with Gasteiger partial charge in [0.15, 0.2) is 17.5 Å². The second-order valence-electron chi connectivity index (χ2n) is 5.71. The summed E-state index contributed by atoms with van der Waals surface area (Å²) in [4.78, 5) is 6.57. The summed E-state index contributed by atoms with van der Waals surface area (Å²) >= 11 is 1.81. The second-order valence-corrected chi connectivity index (χ2v) is 6.69. The number of benzene rings is 1. The highest BCUT2D eigenvalue weighted by Gasteiger charge is 2.07. The highest BCUT2D eigenvalue weighted by atomic mass is 127. The lowest BCUT2D eigenvalue weighted by atomic mass is 10.2. The van der Waals surface area contributed by atoms with E-state index >= 15 is 0 Å². The van der Waals surface area contributed by atoms with Crippen molar-refractivity contribution in [1.82, 2.24) is 15.5 Å². The Morgan fingerprint density at radius 3 is 2.52 bits per heavy atom. The Hall–Kier alpha value is -0.870. The summed E-state index contributed by atoms with van der Waals surface area (Å²) in [6.45, 7) is 9.53. The molecule has 0 aliphatic heterocycles. The standard InChI is InChI=1S/C19H34N4O2S.HI/c1-6-23(7-2)11-12-25-17-9-8-16(14-18(17)24-4)15-22-19(20-3)21-10-13-26-5;/h8-9,14H,6-7,10-13,15H2,1-5H3,(H2,20,21,22);1H. The molecule has 0 saturated heterocycles. The first-order chi connectivity index (χ1) is 12.7. The maximum absolute atomic E-state index is 5.90. The van der Waals surface area contributed by atoms with Crippen molar-refractivity contribution in [3.63, 3.8) is 0 Å². The minimum Gasteiger partial charge on any atom is -0.493 e. The van der Waals surface area contributed by atoms with Gasteiger partial charge in [0.05, 0.1) is 7.11 Å². The summed E-state index contributed by atoms with van der Waals surface area (Å²) in [6, 6.07) is 6.04. The van der Waals surface area contributed by atoms with Crippen LogP contribution in [0, 0.1) is 0 Å². The molecule has 2 N–H and O–H groups in total. The number of thioether (sulfide) groups is 1. The van der Waals surface area contributed by atoms with Crippen molar-refractivity contribution >= 4 is 41.7 Å². The smallest absolute Gasteiger partial charge is 0.191 e. The largest absolute Gasteiger partial charge is 0.493 e. The topological polar surface area (TPSA) is 58.1 Å². The number of hydrogen-bond donors (Lipinski definition) is 2. The molecule has 156 valence electrons. The van der Waals surface area contributed by atoms with E-state index in [2.05, 4.69) is 46.7 Å². The molecule has 0 aliphatic carbocycles. The van der Waals surface area contributed by atoms with Crippen LogP contribution in [0.5, 0.6) is 11.5 Å². The fourth-order valence-electron chi connectivity index (χ4n) is 2.44. The average Bonchev–Trinajstić information content (AvgIpc) is 2.68. The fourth-order valence-corrected chi connectivity index (χ4v) is 2.75. The van der Waals surface area contributed by atoms with Gasteiger partial charge in [-0.1, -0.05) is 19.9 Å². The van der Waals surface area contributed by atoms with Crippen molar-refractivity contribution in [3.05, 3.63) is 23.8 Å². The predicted octanol–water partition coefficient (Wildman–Crippen LogP) is 3.06. The molecule has 1 aromatic carbocycles. The maximum atomic E-state index is 5.90. The SMILES string of the molecule is CCN(CC)CCOc1ccc(CNC(=NC)NCCSC)cc1OC.I. The molecule has 0 radical (unpaired) electrons. The van der Waals surface area contributed by atoms with Crippen LogP contribution >= 0.6 is 35.7 Å². The first kappa shape index (κ1) is 26.1. The predicted molar refractivity (Wildman–Crippen MR) is 128 cm³/mol. The Balaban J connectivity index is 0.00000676. The molecule has 6 nitrogen and oxygen atoms in total. The molecule has 0 fully saturated rings. The van der Waals surface area contributed by atoms with Gasteiger partial charge in [0.2, 0.25) is 0 Å². The Morgan fingerprint density at radius 2 is 1.93 bits per heavy atom. The van der Waals surface area contributed by atoms with E-state index in [9.17, 15) is 0 Å². The summed E-state index contributed by atoms with van der Waals surface area (Å²) in [5.41, 5.74) is 1.12. The van der Waals surface area contributed by atoms with Crippen molar-refractivity contribution in [1.29, 1.82) is 0 Å². The van der Waals surface area contributed by atoms with Gasteiger partial charge in [-0.15, -0.1) is 24.0 Å².